The zero-order valence-corrected chi connectivity index (χ0v) is 24.3. The maximum atomic E-state index is 14.0. The number of rotatable bonds is 7. The molecule has 5 aromatic rings. The molecule has 0 saturated carbocycles. The van der Waals surface area contributed by atoms with Gasteiger partial charge in [-0.15, -0.1) is 0 Å². The monoisotopic (exact) mass is 609 g/mol. The number of fused-ring (bicyclic) bond motifs is 1. The number of furan rings is 1. The van der Waals surface area contributed by atoms with E-state index in [1.165, 1.54) is 34.9 Å². The fourth-order valence-electron chi connectivity index (χ4n) is 5.07. The van der Waals surface area contributed by atoms with Crippen LogP contribution in [0.2, 0.25) is 0 Å². The summed E-state index contributed by atoms with van der Waals surface area (Å²) in [5, 5.41) is 11.4. The Morgan fingerprint density at radius 2 is 1.84 bits per heavy atom. The third-order valence-corrected chi connectivity index (χ3v) is 8.13. The van der Waals surface area contributed by atoms with Crippen LogP contribution in [0.4, 0.5) is 10.1 Å². The molecule has 0 amide bonds. The summed E-state index contributed by atoms with van der Waals surface area (Å²) in [6, 6.07) is 21.9. The number of aromatic nitrogens is 1. The number of hydrogen-bond donors (Lipinski definition) is 0. The molecule has 2 aromatic heterocycles. The molecule has 9 nitrogen and oxygen atoms in total. The van der Waals surface area contributed by atoms with Crippen LogP contribution >= 0.6 is 11.3 Å². The number of halogens is 1. The molecule has 11 heteroatoms. The fourth-order valence-corrected chi connectivity index (χ4v) is 6.06. The zero-order chi connectivity index (χ0) is 31.0. The highest BCUT2D eigenvalue weighted by molar-refractivity contribution is 7.07. The van der Waals surface area contributed by atoms with Crippen molar-refractivity contribution in [2.75, 3.05) is 6.61 Å². The van der Waals surface area contributed by atoms with Crippen LogP contribution in [0.3, 0.4) is 0 Å². The second kappa shape index (κ2) is 11.7. The van der Waals surface area contributed by atoms with Crippen LogP contribution in [0.25, 0.3) is 23.1 Å². The first-order chi connectivity index (χ1) is 21.2. The molecule has 0 saturated heterocycles. The lowest BCUT2D eigenvalue weighted by Crippen LogP contribution is -2.40. The summed E-state index contributed by atoms with van der Waals surface area (Å²) in [6.07, 6.45) is 1.56. The number of ether oxygens (including phenoxy) is 1. The molecule has 0 N–H and O–H groups in total. The first-order valence-electron chi connectivity index (χ1n) is 13.6. The Balaban J connectivity index is 1.53. The van der Waals surface area contributed by atoms with Crippen molar-refractivity contribution in [3.63, 3.8) is 0 Å². The van der Waals surface area contributed by atoms with Crippen molar-refractivity contribution in [2.45, 2.75) is 19.9 Å². The van der Waals surface area contributed by atoms with Gasteiger partial charge in [0, 0.05) is 28.8 Å². The predicted molar refractivity (Wildman–Crippen MR) is 163 cm³/mol. The molecule has 0 unspecified atom stereocenters. The molecule has 0 fully saturated rings. The van der Waals surface area contributed by atoms with E-state index in [9.17, 15) is 24.1 Å². The van der Waals surface area contributed by atoms with Crippen molar-refractivity contribution in [1.29, 1.82) is 0 Å². The van der Waals surface area contributed by atoms with Gasteiger partial charge in [0.05, 0.1) is 33.4 Å². The van der Waals surface area contributed by atoms with Gasteiger partial charge in [-0.1, -0.05) is 65.9 Å². The Hall–Kier alpha value is -5.42. The van der Waals surface area contributed by atoms with Gasteiger partial charge < -0.3 is 9.15 Å². The Kier molecular flexibility index (Phi) is 7.62. The molecule has 44 heavy (non-hydrogen) atoms. The van der Waals surface area contributed by atoms with Gasteiger partial charge in [0.1, 0.15) is 17.3 Å². The highest BCUT2D eigenvalue weighted by atomic mass is 32.1. The van der Waals surface area contributed by atoms with E-state index in [4.69, 9.17) is 14.1 Å². The Morgan fingerprint density at radius 3 is 2.55 bits per heavy atom. The van der Waals surface area contributed by atoms with Gasteiger partial charge in [-0.25, -0.2) is 14.2 Å². The van der Waals surface area contributed by atoms with E-state index in [0.29, 0.717) is 44.3 Å². The second-order valence-corrected chi connectivity index (χ2v) is 11.0. The number of carbonyl (C=O) groups is 1. The van der Waals surface area contributed by atoms with Gasteiger partial charge in [0.2, 0.25) is 0 Å². The van der Waals surface area contributed by atoms with E-state index < -0.39 is 28.3 Å². The summed E-state index contributed by atoms with van der Waals surface area (Å²) in [4.78, 5) is 43.6. The molecule has 3 heterocycles. The molecule has 0 radical (unpaired) electrons. The average Bonchev–Trinajstić information content (AvgIpc) is 3.61. The molecular formula is C33H24FN3O6S. The molecule has 1 aliphatic heterocycles. The van der Waals surface area contributed by atoms with Crippen LogP contribution in [0, 0.1) is 22.9 Å². The van der Waals surface area contributed by atoms with Crippen LogP contribution in [0.15, 0.2) is 105 Å². The topological polar surface area (TPSA) is 117 Å². The van der Waals surface area contributed by atoms with Crippen molar-refractivity contribution >= 4 is 34.8 Å². The maximum absolute atomic E-state index is 14.0. The zero-order valence-electron chi connectivity index (χ0n) is 23.5. The van der Waals surface area contributed by atoms with E-state index >= 15 is 0 Å². The quantitative estimate of drug-likeness (QED) is 0.136. The third-order valence-electron chi connectivity index (χ3n) is 7.15. The lowest BCUT2D eigenvalue weighted by atomic mass is 9.93. The number of thiazole rings is 1. The van der Waals surface area contributed by atoms with Crippen LogP contribution in [0.1, 0.15) is 35.4 Å². The molecule has 1 atom stereocenters. The molecule has 6 rings (SSSR count). The summed E-state index contributed by atoms with van der Waals surface area (Å²) in [5.41, 5.74) is 2.26. The number of hydrogen-bond acceptors (Lipinski definition) is 8. The van der Waals surface area contributed by atoms with Crippen LogP contribution in [-0.4, -0.2) is 22.1 Å². The van der Waals surface area contributed by atoms with Gasteiger partial charge in [-0.05, 0) is 43.7 Å². The summed E-state index contributed by atoms with van der Waals surface area (Å²) in [6.45, 7) is 3.45. The number of benzene rings is 3. The van der Waals surface area contributed by atoms with Crippen LogP contribution in [-0.2, 0) is 9.53 Å². The van der Waals surface area contributed by atoms with Gasteiger partial charge in [0.15, 0.2) is 4.80 Å². The smallest absolute Gasteiger partial charge is 0.338 e. The van der Waals surface area contributed by atoms with E-state index in [1.54, 1.807) is 44.2 Å². The fraction of sp³-hybridized carbons (Fsp3) is 0.121. The minimum absolute atomic E-state index is 0.0267. The number of nitro groups is 1. The van der Waals surface area contributed by atoms with Gasteiger partial charge >= 0.3 is 5.97 Å². The minimum Gasteiger partial charge on any atom is -0.463 e. The molecule has 220 valence electrons. The number of aryl methyl sites for hydroxylation is 1. The van der Waals surface area contributed by atoms with E-state index in [-0.39, 0.29) is 22.4 Å². The molecule has 3 aromatic carbocycles. The highest BCUT2D eigenvalue weighted by Gasteiger charge is 2.35. The molecule has 0 spiro atoms. The van der Waals surface area contributed by atoms with Gasteiger partial charge in [0.25, 0.3) is 11.2 Å². The Morgan fingerprint density at radius 1 is 1.09 bits per heavy atom. The summed E-state index contributed by atoms with van der Waals surface area (Å²) >= 11 is 1.12. The first kappa shape index (κ1) is 28.7. The van der Waals surface area contributed by atoms with Crippen molar-refractivity contribution < 1.29 is 23.3 Å². The average molecular weight is 610 g/mol. The van der Waals surface area contributed by atoms with Crippen LogP contribution in [0.5, 0.6) is 0 Å². The molecular weight excluding hydrogens is 585 g/mol. The molecule has 0 bridgehead atoms. The SMILES string of the molecule is CCOC(=O)C1=C(c2ccccc2)N=c2s/c(=C\c3ccc(-c4ccc(C)c([N+](=O)[O-])c4)o3)c(=O)n2[C@@H]1c1ccc(F)cc1. The normalized spacial score (nSPS) is 14.7. The van der Waals surface area contributed by atoms with Gasteiger partial charge in [-0.3, -0.25) is 19.5 Å². The largest absolute Gasteiger partial charge is 0.463 e. The highest BCUT2D eigenvalue weighted by Crippen LogP contribution is 2.35. The number of nitrogens with zero attached hydrogens (tertiary/aromatic N) is 3. The van der Waals surface area contributed by atoms with E-state index in [1.807, 2.05) is 30.3 Å². The van der Waals surface area contributed by atoms with Crippen molar-refractivity contribution in [3.05, 3.63) is 149 Å². The minimum atomic E-state index is -0.941. The molecule has 0 aliphatic carbocycles. The summed E-state index contributed by atoms with van der Waals surface area (Å²) in [5.74, 6) is -0.354. The second-order valence-electron chi connectivity index (χ2n) is 9.94. The Labute approximate surface area is 253 Å². The van der Waals surface area contributed by atoms with Gasteiger partial charge in [-0.2, -0.15) is 0 Å². The number of esters is 1. The van der Waals surface area contributed by atoms with Crippen LogP contribution < -0.4 is 14.9 Å². The standard InChI is InChI=1S/C33H24FN3O6S/c1-3-42-32(39)28-29(20-7-5-4-6-8-20)35-33-36(30(28)21-11-13-23(34)14-12-21)31(38)27(44-33)18-24-15-16-26(43-24)22-10-9-19(2)25(17-22)37(40)41/h4-18,30H,3H2,1-2H3/b27-18-/t30-/m1/s1. The van der Waals surface area contributed by atoms with Crippen molar-refractivity contribution in [1.82, 2.24) is 4.57 Å². The lowest BCUT2D eigenvalue weighted by Gasteiger charge is -2.25. The van der Waals surface area contributed by atoms with Crippen molar-refractivity contribution in [3.8, 4) is 11.3 Å². The van der Waals surface area contributed by atoms with E-state index in [0.717, 1.165) is 11.3 Å². The third kappa shape index (κ3) is 5.29. The summed E-state index contributed by atoms with van der Waals surface area (Å²) in [7, 11) is 0. The number of carbonyl (C=O) groups excluding carboxylic acids is 1. The van der Waals surface area contributed by atoms with Crippen molar-refractivity contribution in [2.24, 2.45) is 4.99 Å². The maximum Gasteiger partial charge on any atom is 0.338 e. The molecule has 1 aliphatic rings. The first-order valence-corrected chi connectivity index (χ1v) is 14.5. The summed E-state index contributed by atoms with van der Waals surface area (Å²) < 4.78 is 27.1. The predicted octanol–water partition coefficient (Wildman–Crippen LogP) is 5.55. The van der Waals surface area contributed by atoms with E-state index in [2.05, 4.69) is 0 Å². The lowest BCUT2D eigenvalue weighted by molar-refractivity contribution is -0.385. The Bertz CT molecular complexity index is 2130. The number of nitro benzene ring substituents is 1.